The van der Waals surface area contributed by atoms with E-state index < -0.39 is 33.0 Å². The van der Waals surface area contributed by atoms with Gasteiger partial charge < -0.3 is 0 Å². The van der Waals surface area contributed by atoms with Gasteiger partial charge in [0.15, 0.2) is 0 Å². The monoisotopic (exact) mass is 311 g/mol. The van der Waals surface area contributed by atoms with Crippen LogP contribution in [0.4, 0.5) is 8.78 Å². The minimum Gasteiger partial charge on any atom is -0.274 e. The molecule has 0 aliphatic heterocycles. The lowest BCUT2D eigenvalue weighted by Gasteiger charge is -2.28. The predicted molar refractivity (Wildman–Crippen MR) is 72.9 cm³/mol. The van der Waals surface area contributed by atoms with Crippen LogP contribution in [-0.2, 0) is 14.8 Å². The fraction of sp³-hybridized carbons (Fsp3) is 0.923. The highest BCUT2D eigenvalue weighted by Gasteiger charge is 2.39. The van der Waals surface area contributed by atoms with Crippen molar-refractivity contribution in [3.05, 3.63) is 0 Å². The Morgan fingerprint density at radius 3 is 2.20 bits per heavy atom. The molecular weight excluding hydrogens is 288 g/mol. The number of carbonyl (C=O) groups is 1. The molecule has 0 aromatic carbocycles. The van der Waals surface area contributed by atoms with Crippen LogP contribution in [0.2, 0.25) is 0 Å². The molecule has 0 heterocycles. The predicted octanol–water partition coefficient (Wildman–Crippen LogP) is 2.69. The van der Waals surface area contributed by atoms with Crippen LogP contribution in [0.5, 0.6) is 0 Å². The molecule has 1 atom stereocenters. The van der Waals surface area contributed by atoms with Crippen molar-refractivity contribution >= 4 is 15.9 Å². The van der Waals surface area contributed by atoms with Crippen molar-refractivity contribution in [2.45, 2.75) is 64.0 Å². The van der Waals surface area contributed by atoms with E-state index in [1.54, 1.807) is 20.8 Å². The van der Waals surface area contributed by atoms with Crippen LogP contribution in [0.25, 0.3) is 0 Å². The first kappa shape index (κ1) is 17.3. The van der Waals surface area contributed by atoms with Crippen molar-refractivity contribution in [2.24, 2.45) is 11.8 Å². The van der Waals surface area contributed by atoms with Gasteiger partial charge in [0.25, 0.3) is 0 Å². The molecule has 0 spiro atoms. The molecule has 1 saturated carbocycles. The van der Waals surface area contributed by atoms with Gasteiger partial charge in [-0.3, -0.25) is 9.52 Å². The molecule has 1 fully saturated rings. The zero-order valence-electron chi connectivity index (χ0n) is 12.2. The van der Waals surface area contributed by atoms with E-state index in [1.165, 1.54) is 0 Å². The second-order valence-electron chi connectivity index (χ2n) is 5.83. The number of halogens is 2. The van der Waals surface area contributed by atoms with Gasteiger partial charge in [-0.1, -0.05) is 20.8 Å². The molecule has 0 unspecified atom stereocenters. The summed E-state index contributed by atoms with van der Waals surface area (Å²) in [6.45, 7) is 5.30. The topological polar surface area (TPSA) is 63.2 Å². The molecule has 20 heavy (non-hydrogen) atoms. The van der Waals surface area contributed by atoms with Crippen molar-refractivity contribution in [1.82, 2.24) is 4.72 Å². The van der Waals surface area contributed by atoms with Gasteiger partial charge in [-0.05, 0) is 25.2 Å². The molecule has 1 rings (SSSR count). The van der Waals surface area contributed by atoms with Crippen LogP contribution < -0.4 is 4.72 Å². The number of rotatable bonds is 5. The summed E-state index contributed by atoms with van der Waals surface area (Å²) in [6.07, 6.45) is -0.234. The van der Waals surface area contributed by atoms with Gasteiger partial charge in [0.2, 0.25) is 21.9 Å². The van der Waals surface area contributed by atoms with Gasteiger partial charge in [-0.15, -0.1) is 0 Å². The Balaban J connectivity index is 2.66. The maximum absolute atomic E-state index is 13.0. The van der Waals surface area contributed by atoms with Crippen molar-refractivity contribution < 1.29 is 22.0 Å². The number of carbonyl (C=O) groups excluding carboxylic acids is 1. The minimum absolute atomic E-state index is 0.0345. The van der Waals surface area contributed by atoms with Crippen LogP contribution in [0.3, 0.4) is 0 Å². The quantitative estimate of drug-likeness (QED) is 0.849. The average molecular weight is 311 g/mol. The molecule has 7 heteroatoms. The van der Waals surface area contributed by atoms with Gasteiger partial charge in [-0.25, -0.2) is 17.2 Å². The third-order valence-electron chi connectivity index (χ3n) is 3.88. The second-order valence-corrected chi connectivity index (χ2v) is 7.73. The summed E-state index contributed by atoms with van der Waals surface area (Å²) >= 11 is 0. The third kappa shape index (κ3) is 4.40. The van der Waals surface area contributed by atoms with Crippen LogP contribution in [-0.4, -0.2) is 25.5 Å². The summed E-state index contributed by atoms with van der Waals surface area (Å²) in [7, 11) is -3.74. The zero-order chi connectivity index (χ0) is 15.6. The number of alkyl halides is 2. The minimum atomic E-state index is -3.74. The van der Waals surface area contributed by atoms with E-state index in [4.69, 9.17) is 0 Å². The van der Waals surface area contributed by atoms with Crippen LogP contribution in [0.1, 0.15) is 52.9 Å². The van der Waals surface area contributed by atoms with Gasteiger partial charge >= 0.3 is 0 Å². The Kier molecular flexibility index (Phi) is 5.52. The highest BCUT2D eigenvalue weighted by molar-refractivity contribution is 7.90. The highest BCUT2D eigenvalue weighted by Crippen LogP contribution is 2.36. The Morgan fingerprint density at radius 2 is 1.80 bits per heavy atom. The van der Waals surface area contributed by atoms with Crippen LogP contribution >= 0.6 is 0 Å². The average Bonchev–Trinajstić information content (AvgIpc) is 2.27. The summed E-state index contributed by atoms with van der Waals surface area (Å²) in [5.74, 6) is -4.10. The van der Waals surface area contributed by atoms with Crippen molar-refractivity contribution in [3.8, 4) is 0 Å². The molecule has 0 aromatic heterocycles. The zero-order valence-corrected chi connectivity index (χ0v) is 13.0. The first-order chi connectivity index (χ1) is 9.09. The fourth-order valence-corrected chi connectivity index (χ4v) is 4.40. The lowest BCUT2D eigenvalue weighted by Crippen LogP contribution is -2.44. The molecule has 0 radical (unpaired) electrons. The molecule has 1 aliphatic carbocycles. The maximum Gasteiger partial charge on any atom is 0.248 e. The van der Waals surface area contributed by atoms with Crippen molar-refractivity contribution in [2.75, 3.05) is 0 Å². The van der Waals surface area contributed by atoms with E-state index in [-0.39, 0.29) is 31.6 Å². The molecular formula is C13H23F2NO3S. The molecule has 0 saturated heterocycles. The molecule has 1 aliphatic rings. The van der Waals surface area contributed by atoms with E-state index in [0.29, 0.717) is 6.42 Å². The number of hydrogen-bond acceptors (Lipinski definition) is 3. The summed E-state index contributed by atoms with van der Waals surface area (Å²) in [4.78, 5) is 11.9. The molecule has 0 bridgehead atoms. The second kappa shape index (κ2) is 6.37. The summed E-state index contributed by atoms with van der Waals surface area (Å²) in [6, 6.07) is 0. The van der Waals surface area contributed by atoms with E-state index in [1.807, 2.05) is 0 Å². The standard InChI is InChI=1S/C13H23F2NO3S/c1-4-11(9(2)3)20(18,19)16-12(17)10-5-7-13(14,15)8-6-10/h9-11H,4-8H2,1-3H3,(H,16,17)/t11-/m1/s1. The Bertz CT molecular complexity index is 439. The molecule has 1 amide bonds. The number of amides is 1. The number of sulfonamides is 1. The lowest BCUT2D eigenvalue weighted by atomic mass is 9.86. The van der Waals surface area contributed by atoms with Crippen LogP contribution in [0.15, 0.2) is 0 Å². The smallest absolute Gasteiger partial charge is 0.248 e. The first-order valence-electron chi connectivity index (χ1n) is 7.02. The summed E-state index contributed by atoms with van der Waals surface area (Å²) < 4.78 is 52.3. The summed E-state index contributed by atoms with van der Waals surface area (Å²) in [5, 5.41) is -0.642. The fourth-order valence-electron chi connectivity index (χ4n) is 2.65. The highest BCUT2D eigenvalue weighted by atomic mass is 32.2. The van der Waals surface area contributed by atoms with Crippen molar-refractivity contribution in [3.63, 3.8) is 0 Å². The van der Waals surface area contributed by atoms with Crippen LogP contribution in [0, 0.1) is 11.8 Å². The van der Waals surface area contributed by atoms with E-state index in [2.05, 4.69) is 4.72 Å². The molecule has 118 valence electrons. The molecule has 4 nitrogen and oxygen atoms in total. The van der Waals surface area contributed by atoms with Crippen molar-refractivity contribution in [1.29, 1.82) is 0 Å². The van der Waals surface area contributed by atoms with E-state index in [9.17, 15) is 22.0 Å². The van der Waals surface area contributed by atoms with E-state index in [0.717, 1.165) is 0 Å². The van der Waals surface area contributed by atoms with Gasteiger partial charge in [0, 0.05) is 18.8 Å². The Morgan fingerprint density at radius 1 is 1.30 bits per heavy atom. The number of hydrogen-bond donors (Lipinski definition) is 1. The lowest BCUT2D eigenvalue weighted by molar-refractivity contribution is -0.127. The van der Waals surface area contributed by atoms with E-state index >= 15 is 0 Å². The number of nitrogens with one attached hydrogen (secondary N) is 1. The Hall–Kier alpha value is -0.720. The molecule has 1 N–H and O–H groups in total. The maximum atomic E-state index is 13.0. The normalized spacial score (nSPS) is 21.7. The largest absolute Gasteiger partial charge is 0.274 e. The van der Waals surface area contributed by atoms with Gasteiger partial charge in [0.05, 0.1) is 5.25 Å². The van der Waals surface area contributed by atoms with Gasteiger partial charge in [-0.2, -0.15) is 0 Å². The Labute approximate surface area is 119 Å². The SMILES string of the molecule is CC[C@H](C(C)C)S(=O)(=O)NC(=O)C1CCC(F)(F)CC1. The van der Waals surface area contributed by atoms with Gasteiger partial charge in [0.1, 0.15) is 0 Å². The summed E-state index contributed by atoms with van der Waals surface area (Å²) in [5.41, 5.74) is 0. The molecule has 0 aromatic rings. The third-order valence-corrected chi connectivity index (χ3v) is 6.04. The first-order valence-corrected chi connectivity index (χ1v) is 8.57.